The van der Waals surface area contributed by atoms with E-state index in [0.717, 1.165) is 0 Å². The van der Waals surface area contributed by atoms with Gasteiger partial charge in [0.05, 0.1) is 22.7 Å². The van der Waals surface area contributed by atoms with Crippen LogP contribution in [0.4, 0.5) is 34.1 Å². The van der Waals surface area contributed by atoms with Crippen LogP contribution in [0.25, 0.3) is 53.9 Å². The van der Waals surface area contributed by atoms with Gasteiger partial charge in [-0.05, 0) is 154 Å². The van der Waals surface area contributed by atoms with Crippen molar-refractivity contribution in [3.63, 3.8) is 0 Å². The molecule has 0 aliphatic carbocycles. The molecule has 0 fully saturated rings. The molecule has 0 aromatic heterocycles. The second-order valence-electron chi connectivity index (χ2n) is 17.6. The topological polar surface area (TPSA) is 6.48 Å². The highest BCUT2D eigenvalue weighted by atomic mass is 15.2. The van der Waals surface area contributed by atoms with Gasteiger partial charge in [-0.15, -0.1) is 0 Å². The largest absolute Gasteiger partial charge is 0.309 e. The van der Waals surface area contributed by atoms with E-state index < -0.39 is 0 Å². The van der Waals surface area contributed by atoms with Crippen LogP contribution in [0.3, 0.4) is 0 Å². The molecule has 0 saturated heterocycles. The summed E-state index contributed by atoms with van der Waals surface area (Å²) < 4.78 is 0. The highest BCUT2D eigenvalue weighted by Crippen LogP contribution is 2.52. The first kappa shape index (κ1) is 37.6. The van der Waals surface area contributed by atoms with Gasteiger partial charge < -0.3 is 9.80 Å². The minimum atomic E-state index is 0.300. The van der Waals surface area contributed by atoms with Crippen LogP contribution in [-0.4, -0.2) is 0 Å². The summed E-state index contributed by atoms with van der Waals surface area (Å²) in [5, 5.41) is 12.8. The van der Waals surface area contributed by atoms with Gasteiger partial charge in [-0.1, -0.05) is 137 Å². The van der Waals surface area contributed by atoms with Crippen LogP contribution in [-0.2, 0) is 0 Å². The van der Waals surface area contributed by atoms with E-state index in [-0.39, 0.29) is 0 Å². The quantitative estimate of drug-likeness (QED) is 0.142. The maximum atomic E-state index is 2.54. The second kappa shape index (κ2) is 14.6. The molecule has 0 heterocycles. The van der Waals surface area contributed by atoms with E-state index >= 15 is 0 Å². The summed E-state index contributed by atoms with van der Waals surface area (Å²) in [6.45, 7) is 18.3. The molecule has 10 aromatic rings. The predicted octanol–water partition coefficient (Wildman–Crippen LogP) is 17.3. The second-order valence-corrected chi connectivity index (χ2v) is 17.6. The first-order valence-corrected chi connectivity index (χ1v) is 21.6. The summed E-state index contributed by atoms with van der Waals surface area (Å²) in [5.74, 6) is 0.600. The summed E-state index contributed by atoms with van der Waals surface area (Å²) in [4.78, 5) is 5.07. The zero-order valence-electron chi connectivity index (χ0n) is 36.1. The zero-order chi connectivity index (χ0) is 41.4. The van der Waals surface area contributed by atoms with Crippen LogP contribution in [0, 0.1) is 27.7 Å². The summed E-state index contributed by atoms with van der Waals surface area (Å²) in [5.41, 5.74) is 15.0. The van der Waals surface area contributed by atoms with Crippen molar-refractivity contribution in [2.24, 2.45) is 0 Å². The van der Waals surface area contributed by atoms with Gasteiger partial charge in [0.25, 0.3) is 0 Å². The third-order valence-corrected chi connectivity index (χ3v) is 13.2. The standard InChI is InChI=1S/C58H52N2/c1-35(2)51-33-55(59(43-25-23-37(5)39(7)31-43)53-21-13-17-41-15-9-11-19-45(41)53)49-30-28-48-52(36(3)4)34-56(50-29-27-47(51)57(49)58(48)50)60(44-26-24-38(6)40(8)32-44)54-22-14-18-42-16-10-12-20-46(42)54/h9-36H,1-8H3. The molecule has 0 bridgehead atoms. The Morgan fingerprint density at radius 2 is 0.700 bits per heavy atom. The van der Waals surface area contributed by atoms with Crippen molar-refractivity contribution in [3.05, 3.63) is 191 Å². The van der Waals surface area contributed by atoms with Gasteiger partial charge >= 0.3 is 0 Å². The fourth-order valence-corrected chi connectivity index (χ4v) is 9.69. The lowest BCUT2D eigenvalue weighted by atomic mass is 9.84. The van der Waals surface area contributed by atoms with E-state index in [2.05, 4.69) is 223 Å². The monoisotopic (exact) mass is 776 g/mol. The van der Waals surface area contributed by atoms with Crippen LogP contribution in [0.5, 0.6) is 0 Å². The van der Waals surface area contributed by atoms with Gasteiger partial charge in [-0.25, -0.2) is 0 Å². The Morgan fingerprint density at radius 3 is 1.10 bits per heavy atom. The van der Waals surface area contributed by atoms with Crippen LogP contribution < -0.4 is 9.80 Å². The number of aryl methyl sites for hydroxylation is 4. The van der Waals surface area contributed by atoms with Gasteiger partial charge in [0, 0.05) is 32.9 Å². The first-order valence-electron chi connectivity index (χ1n) is 21.6. The Kier molecular flexibility index (Phi) is 9.14. The maximum absolute atomic E-state index is 2.54. The van der Waals surface area contributed by atoms with Gasteiger partial charge in [0.15, 0.2) is 0 Å². The molecule has 60 heavy (non-hydrogen) atoms. The zero-order valence-corrected chi connectivity index (χ0v) is 36.1. The number of anilines is 6. The molecule has 0 spiro atoms. The molecular formula is C58H52N2. The van der Waals surface area contributed by atoms with Gasteiger partial charge in [0.2, 0.25) is 0 Å². The lowest BCUT2D eigenvalue weighted by molar-refractivity contribution is 0.875. The molecule has 0 atom stereocenters. The van der Waals surface area contributed by atoms with Crippen LogP contribution in [0.15, 0.2) is 158 Å². The summed E-state index contributed by atoms with van der Waals surface area (Å²) in [6.07, 6.45) is 0. The minimum absolute atomic E-state index is 0.300. The molecule has 0 N–H and O–H groups in total. The molecular weight excluding hydrogens is 725 g/mol. The van der Waals surface area contributed by atoms with E-state index in [1.165, 1.54) is 121 Å². The van der Waals surface area contributed by atoms with Crippen molar-refractivity contribution in [1.29, 1.82) is 0 Å². The molecule has 2 heteroatoms. The number of benzene rings is 10. The average molecular weight is 777 g/mol. The lowest BCUT2D eigenvalue weighted by Gasteiger charge is -2.32. The Bertz CT molecular complexity index is 3050. The molecule has 0 saturated carbocycles. The Labute approximate surface area is 354 Å². The number of hydrogen-bond acceptors (Lipinski definition) is 2. The smallest absolute Gasteiger partial charge is 0.0543 e. The molecule has 0 radical (unpaired) electrons. The molecule has 294 valence electrons. The van der Waals surface area contributed by atoms with Crippen molar-refractivity contribution in [2.75, 3.05) is 9.80 Å². The van der Waals surface area contributed by atoms with Crippen molar-refractivity contribution in [2.45, 2.75) is 67.2 Å². The predicted molar refractivity (Wildman–Crippen MR) is 262 cm³/mol. The number of fused-ring (bicyclic) bond motifs is 2. The van der Waals surface area contributed by atoms with Crippen molar-refractivity contribution >= 4 is 88.0 Å². The molecule has 10 aromatic carbocycles. The minimum Gasteiger partial charge on any atom is -0.309 e. The molecule has 0 aliphatic heterocycles. The fourth-order valence-electron chi connectivity index (χ4n) is 9.69. The Balaban J connectivity index is 1.36. The van der Waals surface area contributed by atoms with Crippen LogP contribution in [0.2, 0.25) is 0 Å². The lowest BCUT2D eigenvalue weighted by Crippen LogP contribution is -2.14. The molecule has 0 aliphatic rings. The maximum Gasteiger partial charge on any atom is 0.0543 e. The van der Waals surface area contributed by atoms with E-state index in [0.29, 0.717) is 11.8 Å². The number of nitrogens with zero attached hydrogens (tertiary/aromatic N) is 2. The number of hydrogen-bond donors (Lipinski definition) is 0. The molecule has 0 unspecified atom stereocenters. The third-order valence-electron chi connectivity index (χ3n) is 13.2. The van der Waals surface area contributed by atoms with Gasteiger partial charge in [-0.2, -0.15) is 0 Å². The van der Waals surface area contributed by atoms with E-state index in [1.54, 1.807) is 0 Å². The third kappa shape index (κ3) is 6.00. The van der Waals surface area contributed by atoms with Gasteiger partial charge in [-0.3, -0.25) is 0 Å². The van der Waals surface area contributed by atoms with Crippen LogP contribution >= 0.6 is 0 Å². The van der Waals surface area contributed by atoms with Crippen LogP contribution in [0.1, 0.15) is 72.9 Å². The first-order chi connectivity index (χ1) is 29.1. The highest BCUT2D eigenvalue weighted by Gasteiger charge is 2.27. The molecule has 10 rings (SSSR count). The van der Waals surface area contributed by atoms with E-state index in [1.807, 2.05) is 0 Å². The normalized spacial score (nSPS) is 12.0. The van der Waals surface area contributed by atoms with E-state index in [9.17, 15) is 0 Å². The summed E-state index contributed by atoms with van der Waals surface area (Å²) in [7, 11) is 0. The average Bonchev–Trinajstić information content (AvgIpc) is 3.25. The molecule has 0 amide bonds. The number of rotatable bonds is 8. The Hall–Kier alpha value is -6.64. The fraction of sp³-hybridized carbons (Fsp3) is 0.172. The van der Waals surface area contributed by atoms with Crippen molar-refractivity contribution < 1.29 is 0 Å². The van der Waals surface area contributed by atoms with E-state index in [4.69, 9.17) is 0 Å². The SMILES string of the molecule is Cc1ccc(N(c2cccc3ccccc23)c2cc(C(C)C)c3ccc4c(N(c5ccc(C)c(C)c5)c5cccc6ccccc56)cc(C(C)C)c5ccc2c3c54)cc1C. The summed E-state index contributed by atoms with van der Waals surface area (Å²) in [6, 6.07) is 59.6. The van der Waals surface area contributed by atoms with Crippen molar-refractivity contribution in [3.8, 4) is 0 Å². The molecule has 2 nitrogen and oxygen atoms in total. The summed E-state index contributed by atoms with van der Waals surface area (Å²) >= 11 is 0. The highest BCUT2D eigenvalue weighted by molar-refractivity contribution is 6.30. The van der Waals surface area contributed by atoms with Crippen molar-refractivity contribution in [1.82, 2.24) is 0 Å². The van der Waals surface area contributed by atoms with Gasteiger partial charge in [0.1, 0.15) is 0 Å². The Morgan fingerprint density at radius 1 is 0.317 bits per heavy atom.